The van der Waals surface area contributed by atoms with Crippen LogP contribution in [-0.2, 0) is 0 Å². The van der Waals surface area contributed by atoms with Crippen LogP contribution in [0.2, 0.25) is 0 Å². The Morgan fingerprint density at radius 1 is 1.24 bits per heavy atom. The monoisotopic (exact) mass is 299 g/mol. The minimum atomic E-state index is 0.473. The van der Waals surface area contributed by atoms with Crippen LogP contribution in [0.15, 0.2) is 22.7 Å². The van der Waals surface area contributed by atoms with E-state index in [2.05, 4.69) is 55.0 Å². The molecule has 0 aliphatic heterocycles. The number of rotatable bonds is 6. The van der Waals surface area contributed by atoms with Crippen molar-refractivity contribution >= 4 is 15.9 Å². The molecule has 0 saturated heterocycles. The molecule has 1 rings (SSSR count). The summed E-state index contributed by atoms with van der Waals surface area (Å²) >= 11 is 3.50. The molecule has 3 heteroatoms. The molecule has 17 heavy (non-hydrogen) atoms. The van der Waals surface area contributed by atoms with Crippen molar-refractivity contribution < 1.29 is 4.74 Å². The second-order valence-corrected chi connectivity index (χ2v) is 5.71. The van der Waals surface area contributed by atoms with E-state index >= 15 is 0 Å². The average Bonchev–Trinajstić information content (AvgIpc) is 2.25. The molecule has 0 fully saturated rings. The summed E-state index contributed by atoms with van der Waals surface area (Å²) in [6.45, 7) is 10.2. The van der Waals surface area contributed by atoms with Crippen molar-refractivity contribution in [2.75, 3.05) is 13.2 Å². The average molecular weight is 300 g/mol. The maximum absolute atomic E-state index is 5.82. The Labute approximate surface area is 113 Å². The van der Waals surface area contributed by atoms with Crippen LogP contribution in [0.5, 0.6) is 5.75 Å². The van der Waals surface area contributed by atoms with Gasteiger partial charge in [-0.1, -0.05) is 43.6 Å². The minimum Gasteiger partial charge on any atom is -0.492 e. The van der Waals surface area contributed by atoms with Gasteiger partial charge in [0.2, 0.25) is 0 Å². The Hall–Kier alpha value is -0.540. The fraction of sp³-hybridized carbons (Fsp3) is 0.571. The second kappa shape index (κ2) is 7.02. The highest BCUT2D eigenvalue weighted by molar-refractivity contribution is 9.10. The van der Waals surface area contributed by atoms with Crippen LogP contribution in [0, 0.1) is 0 Å². The van der Waals surface area contributed by atoms with Crippen LogP contribution in [0.25, 0.3) is 0 Å². The van der Waals surface area contributed by atoms with E-state index in [1.54, 1.807) is 0 Å². The van der Waals surface area contributed by atoms with Gasteiger partial charge in [-0.2, -0.15) is 0 Å². The quantitative estimate of drug-likeness (QED) is 0.803. The van der Waals surface area contributed by atoms with Crippen molar-refractivity contribution in [2.45, 2.75) is 39.7 Å². The molecular formula is C14H22BrNO. The Morgan fingerprint density at radius 3 is 2.53 bits per heavy atom. The molecule has 0 spiro atoms. The fourth-order valence-electron chi connectivity index (χ4n) is 1.61. The van der Waals surface area contributed by atoms with E-state index in [0.29, 0.717) is 18.6 Å². The molecule has 0 aliphatic rings. The van der Waals surface area contributed by atoms with E-state index in [4.69, 9.17) is 4.74 Å². The Bertz CT molecular complexity index is 350. The lowest BCUT2D eigenvalue weighted by Gasteiger charge is -2.15. The molecule has 0 saturated carbocycles. The molecule has 1 aromatic rings. The van der Waals surface area contributed by atoms with Gasteiger partial charge in [-0.05, 0) is 29.7 Å². The molecule has 1 aromatic carbocycles. The number of hydrogen-bond donors (Lipinski definition) is 1. The second-order valence-electron chi connectivity index (χ2n) is 4.79. The number of nitrogens with one attached hydrogen (secondary N) is 1. The maximum Gasteiger partial charge on any atom is 0.122 e. The third-order valence-electron chi connectivity index (χ3n) is 2.51. The van der Waals surface area contributed by atoms with Gasteiger partial charge in [-0.25, -0.2) is 0 Å². The summed E-state index contributed by atoms with van der Waals surface area (Å²) in [6, 6.07) is 6.70. The van der Waals surface area contributed by atoms with Crippen LogP contribution in [0.3, 0.4) is 0 Å². The number of halogens is 1. The molecule has 0 heterocycles. The first-order valence-corrected chi connectivity index (χ1v) is 6.95. The Morgan fingerprint density at radius 2 is 1.94 bits per heavy atom. The van der Waals surface area contributed by atoms with Gasteiger partial charge in [-0.15, -0.1) is 0 Å². The standard InChI is InChI=1S/C14H22BrNO/c1-10(2)13-9-12(15)5-6-14(13)17-8-7-16-11(3)4/h5-6,9-11,16H,7-8H2,1-4H3. The van der Waals surface area contributed by atoms with Crippen LogP contribution < -0.4 is 10.1 Å². The fourth-order valence-corrected chi connectivity index (χ4v) is 1.99. The van der Waals surface area contributed by atoms with Crippen molar-refractivity contribution in [3.63, 3.8) is 0 Å². The molecule has 2 nitrogen and oxygen atoms in total. The zero-order valence-corrected chi connectivity index (χ0v) is 12.7. The van der Waals surface area contributed by atoms with Crippen molar-refractivity contribution in [3.05, 3.63) is 28.2 Å². The lowest BCUT2D eigenvalue weighted by molar-refractivity contribution is 0.305. The van der Waals surface area contributed by atoms with E-state index in [1.165, 1.54) is 5.56 Å². The lowest BCUT2D eigenvalue weighted by Crippen LogP contribution is -2.27. The molecule has 96 valence electrons. The number of ether oxygens (including phenoxy) is 1. The largest absolute Gasteiger partial charge is 0.492 e. The van der Waals surface area contributed by atoms with Gasteiger partial charge >= 0.3 is 0 Å². The number of hydrogen-bond acceptors (Lipinski definition) is 2. The molecule has 0 bridgehead atoms. The Balaban J connectivity index is 2.58. The maximum atomic E-state index is 5.82. The van der Waals surface area contributed by atoms with E-state index < -0.39 is 0 Å². The van der Waals surface area contributed by atoms with Crippen molar-refractivity contribution in [1.82, 2.24) is 5.32 Å². The van der Waals surface area contributed by atoms with Crippen molar-refractivity contribution in [2.24, 2.45) is 0 Å². The predicted octanol–water partition coefficient (Wildman–Crippen LogP) is 3.95. The molecule has 0 unspecified atom stereocenters. The molecule has 0 aliphatic carbocycles. The summed E-state index contributed by atoms with van der Waals surface area (Å²) in [5, 5.41) is 3.34. The van der Waals surface area contributed by atoms with Gasteiger partial charge in [0.05, 0.1) is 0 Å². The summed E-state index contributed by atoms with van der Waals surface area (Å²) in [4.78, 5) is 0. The molecular weight excluding hydrogens is 278 g/mol. The Kier molecular flexibility index (Phi) is 6.00. The molecule has 0 aromatic heterocycles. The zero-order valence-electron chi connectivity index (χ0n) is 11.1. The first-order valence-electron chi connectivity index (χ1n) is 6.16. The first-order chi connectivity index (χ1) is 8.00. The predicted molar refractivity (Wildman–Crippen MR) is 76.9 cm³/mol. The van der Waals surface area contributed by atoms with Gasteiger partial charge in [0, 0.05) is 17.1 Å². The van der Waals surface area contributed by atoms with Crippen LogP contribution in [-0.4, -0.2) is 19.2 Å². The van der Waals surface area contributed by atoms with E-state index in [0.717, 1.165) is 16.8 Å². The summed E-state index contributed by atoms with van der Waals surface area (Å²) in [6.07, 6.45) is 0. The van der Waals surface area contributed by atoms with Crippen LogP contribution >= 0.6 is 15.9 Å². The highest BCUT2D eigenvalue weighted by Crippen LogP contribution is 2.29. The molecule has 0 atom stereocenters. The van der Waals surface area contributed by atoms with Gasteiger partial charge < -0.3 is 10.1 Å². The topological polar surface area (TPSA) is 21.3 Å². The smallest absolute Gasteiger partial charge is 0.122 e. The van der Waals surface area contributed by atoms with Crippen molar-refractivity contribution in [3.8, 4) is 5.75 Å². The van der Waals surface area contributed by atoms with E-state index in [-0.39, 0.29) is 0 Å². The van der Waals surface area contributed by atoms with Crippen LogP contribution in [0.1, 0.15) is 39.2 Å². The van der Waals surface area contributed by atoms with E-state index in [1.807, 2.05) is 12.1 Å². The van der Waals surface area contributed by atoms with E-state index in [9.17, 15) is 0 Å². The third-order valence-corrected chi connectivity index (χ3v) is 3.00. The highest BCUT2D eigenvalue weighted by atomic mass is 79.9. The van der Waals surface area contributed by atoms with Crippen LogP contribution in [0.4, 0.5) is 0 Å². The van der Waals surface area contributed by atoms with Gasteiger partial charge in [0.15, 0.2) is 0 Å². The summed E-state index contributed by atoms with van der Waals surface area (Å²) in [5.41, 5.74) is 1.25. The minimum absolute atomic E-state index is 0.473. The number of benzene rings is 1. The van der Waals surface area contributed by atoms with Gasteiger partial charge in [0.1, 0.15) is 12.4 Å². The zero-order chi connectivity index (χ0) is 12.8. The molecule has 0 amide bonds. The van der Waals surface area contributed by atoms with Gasteiger partial charge in [0.25, 0.3) is 0 Å². The molecule has 0 radical (unpaired) electrons. The normalized spacial score (nSPS) is 11.2. The first kappa shape index (κ1) is 14.5. The molecule has 1 N–H and O–H groups in total. The summed E-state index contributed by atoms with van der Waals surface area (Å²) < 4.78 is 6.93. The summed E-state index contributed by atoms with van der Waals surface area (Å²) in [7, 11) is 0. The third kappa shape index (κ3) is 5.09. The van der Waals surface area contributed by atoms with Gasteiger partial charge in [-0.3, -0.25) is 0 Å². The lowest BCUT2D eigenvalue weighted by atomic mass is 10.0. The highest BCUT2D eigenvalue weighted by Gasteiger charge is 2.08. The van der Waals surface area contributed by atoms with Crippen molar-refractivity contribution in [1.29, 1.82) is 0 Å². The SMILES string of the molecule is CC(C)NCCOc1ccc(Br)cc1C(C)C. The summed E-state index contributed by atoms with van der Waals surface area (Å²) in [5.74, 6) is 1.47.